The first-order valence-corrected chi connectivity index (χ1v) is 7.11. The van der Waals surface area contributed by atoms with Crippen molar-refractivity contribution in [2.45, 2.75) is 20.4 Å². The molecule has 0 aromatic heterocycles. The second-order valence-electron chi connectivity index (χ2n) is 4.07. The van der Waals surface area contributed by atoms with Gasteiger partial charge < -0.3 is 4.74 Å². The maximum Gasteiger partial charge on any atom is 0.283 e. The normalized spacial score (nSPS) is 10.9. The third-order valence-corrected chi connectivity index (χ3v) is 3.77. The second kappa shape index (κ2) is 8.24. The van der Waals surface area contributed by atoms with E-state index in [4.69, 9.17) is 4.74 Å². The maximum atomic E-state index is 10.9. The molecule has 0 aliphatic heterocycles. The third-order valence-electron chi connectivity index (χ3n) is 2.85. The van der Waals surface area contributed by atoms with Gasteiger partial charge in [-0.1, -0.05) is 19.1 Å². The number of hydrogen-bond acceptors (Lipinski definition) is 4. The van der Waals surface area contributed by atoms with Crippen LogP contribution in [0.5, 0.6) is 0 Å². The van der Waals surface area contributed by atoms with Gasteiger partial charge in [-0.25, -0.2) is 0 Å². The molecule has 0 unspecified atom stereocenters. The summed E-state index contributed by atoms with van der Waals surface area (Å²) in [5.74, 6) is 0. The summed E-state index contributed by atoms with van der Waals surface area (Å²) in [5, 5.41) is 10.9. The lowest BCUT2D eigenvalue weighted by Crippen LogP contribution is -2.27. The van der Waals surface area contributed by atoms with Crippen molar-refractivity contribution >= 4 is 21.6 Å². The van der Waals surface area contributed by atoms with E-state index in [1.54, 1.807) is 6.07 Å². The fourth-order valence-electron chi connectivity index (χ4n) is 1.76. The van der Waals surface area contributed by atoms with Crippen LogP contribution in [0.25, 0.3) is 0 Å². The molecule has 1 aromatic carbocycles. The average Bonchev–Trinajstić information content (AvgIpc) is 2.39. The Morgan fingerprint density at radius 3 is 2.74 bits per heavy atom. The summed E-state index contributed by atoms with van der Waals surface area (Å²) in [6, 6.07) is 5.12. The average molecular weight is 331 g/mol. The Labute approximate surface area is 121 Å². The highest BCUT2D eigenvalue weighted by atomic mass is 79.9. The highest BCUT2D eigenvalue weighted by Gasteiger charge is 2.16. The summed E-state index contributed by atoms with van der Waals surface area (Å²) >= 11 is 3.32. The SMILES string of the molecule is CCOCCN(CC)Cc1cccc([N+](=O)[O-])c1Br. The second-order valence-corrected chi connectivity index (χ2v) is 4.87. The van der Waals surface area contributed by atoms with Gasteiger partial charge in [-0.2, -0.15) is 0 Å². The Bertz CT molecular complexity index is 426. The predicted molar refractivity (Wildman–Crippen MR) is 78.2 cm³/mol. The van der Waals surface area contributed by atoms with Crippen LogP contribution in [0, 0.1) is 10.1 Å². The van der Waals surface area contributed by atoms with Crippen LogP contribution >= 0.6 is 15.9 Å². The van der Waals surface area contributed by atoms with Crippen molar-refractivity contribution in [2.24, 2.45) is 0 Å². The number of nitro groups is 1. The minimum Gasteiger partial charge on any atom is -0.380 e. The van der Waals surface area contributed by atoms with Crippen LogP contribution in [0.3, 0.4) is 0 Å². The molecule has 1 rings (SSSR count). The first kappa shape index (κ1) is 16.1. The first-order chi connectivity index (χ1) is 9.10. The van der Waals surface area contributed by atoms with Crippen LogP contribution in [-0.4, -0.2) is 36.1 Å². The zero-order chi connectivity index (χ0) is 14.3. The largest absolute Gasteiger partial charge is 0.380 e. The molecule has 0 spiro atoms. The van der Waals surface area contributed by atoms with Gasteiger partial charge in [0.2, 0.25) is 0 Å². The zero-order valence-corrected chi connectivity index (χ0v) is 12.9. The summed E-state index contributed by atoms with van der Waals surface area (Å²) in [5.41, 5.74) is 1.03. The molecule has 0 saturated carbocycles. The molecule has 106 valence electrons. The van der Waals surface area contributed by atoms with E-state index >= 15 is 0 Å². The Balaban J connectivity index is 2.74. The number of ether oxygens (including phenoxy) is 1. The molecule has 0 aliphatic rings. The summed E-state index contributed by atoms with van der Waals surface area (Å²) in [7, 11) is 0. The van der Waals surface area contributed by atoms with Crippen LogP contribution < -0.4 is 0 Å². The zero-order valence-electron chi connectivity index (χ0n) is 11.3. The predicted octanol–water partition coefficient (Wildman–Crippen LogP) is 3.22. The Kier molecular flexibility index (Phi) is 6.97. The Morgan fingerprint density at radius 2 is 2.16 bits per heavy atom. The molecule has 1 aromatic rings. The van der Waals surface area contributed by atoms with E-state index < -0.39 is 0 Å². The van der Waals surface area contributed by atoms with Crippen LogP contribution in [0.1, 0.15) is 19.4 Å². The molecule has 0 radical (unpaired) electrons. The summed E-state index contributed by atoms with van der Waals surface area (Å²) in [4.78, 5) is 12.7. The molecule has 19 heavy (non-hydrogen) atoms. The highest BCUT2D eigenvalue weighted by molar-refractivity contribution is 9.10. The molecule has 0 aliphatic carbocycles. The van der Waals surface area contributed by atoms with Gasteiger partial charge in [0, 0.05) is 25.8 Å². The summed E-state index contributed by atoms with van der Waals surface area (Å²) in [6.07, 6.45) is 0. The van der Waals surface area contributed by atoms with Gasteiger partial charge in [0.25, 0.3) is 5.69 Å². The molecule has 0 bridgehead atoms. The smallest absolute Gasteiger partial charge is 0.283 e. The van der Waals surface area contributed by atoms with Gasteiger partial charge in [0.1, 0.15) is 0 Å². The van der Waals surface area contributed by atoms with E-state index in [0.717, 1.165) is 18.7 Å². The van der Waals surface area contributed by atoms with Gasteiger partial charge in [-0.15, -0.1) is 0 Å². The van der Waals surface area contributed by atoms with Crippen molar-refractivity contribution in [2.75, 3.05) is 26.3 Å². The fourth-order valence-corrected chi connectivity index (χ4v) is 2.29. The van der Waals surface area contributed by atoms with E-state index in [0.29, 0.717) is 24.2 Å². The Hall–Kier alpha value is -0.980. The highest BCUT2D eigenvalue weighted by Crippen LogP contribution is 2.28. The van der Waals surface area contributed by atoms with Crippen LogP contribution in [0.4, 0.5) is 5.69 Å². The van der Waals surface area contributed by atoms with E-state index in [2.05, 4.69) is 27.8 Å². The lowest BCUT2D eigenvalue weighted by atomic mass is 10.2. The number of nitro benzene ring substituents is 1. The molecule has 5 nitrogen and oxygen atoms in total. The fraction of sp³-hybridized carbons (Fsp3) is 0.538. The lowest BCUT2D eigenvalue weighted by molar-refractivity contribution is -0.385. The number of rotatable bonds is 8. The third kappa shape index (κ3) is 4.89. The van der Waals surface area contributed by atoms with Gasteiger partial charge in [0.05, 0.1) is 16.0 Å². The van der Waals surface area contributed by atoms with Crippen molar-refractivity contribution in [1.29, 1.82) is 0 Å². The number of benzene rings is 1. The molecule has 0 saturated heterocycles. The van der Waals surface area contributed by atoms with Gasteiger partial charge in [-0.05, 0) is 35.0 Å². The first-order valence-electron chi connectivity index (χ1n) is 6.32. The van der Waals surface area contributed by atoms with Gasteiger partial charge in [-0.3, -0.25) is 15.0 Å². The minimum atomic E-state index is -0.371. The van der Waals surface area contributed by atoms with Crippen LogP contribution in [0.2, 0.25) is 0 Å². The van der Waals surface area contributed by atoms with Crippen LogP contribution in [0.15, 0.2) is 22.7 Å². The lowest BCUT2D eigenvalue weighted by Gasteiger charge is -2.20. The molecular weight excluding hydrogens is 312 g/mol. The summed E-state index contributed by atoms with van der Waals surface area (Å²) < 4.78 is 5.90. The van der Waals surface area contributed by atoms with Crippen molar-refractivity contribution in [3.8, 4) is 0 Å². The molecule has 0 atom stereocenters. The topological polar surface area (TPSA) is 55.6 Å². The van der Waals surface area contributed by atoms with Crippen molar-refractivity contribution in [3.05, 3.63) is 38.3 Å². The van der Waals surface area contributed by atoms with E-state index in [-0.39, 0.29) is 10.6 Å². The molecule has 0 heterocycles. The van der Waals surface area contributed by atoms with E-state index in [1.807, 2.05) is 13.0 Å². The van der Waals surface area contributed by atoms with Gasteiger partial charge in [0.15, 0.2) is 0 Å². The van der Waals surface area contributed by atoms with Crippen molar-refractivity contribution < 1.29 is 9.66 Å². The minimum absolute atomic E-state index is 0.110. The molecule has 0 fully saturated rings. The van der Waals surface area contributed by atoms with E-state index in [1.165, 1.54) is 6.07 Å². The molecule has 6 heteroatoms. The number of likely N-dealkylation sites (N-methyl/N-ethyl adjacent to an activating group) is 1. The van der Waals surface area contributed by atoms with E-state index in [9.17, 15) is 10.1 Å². The maximum absolute atomic E-state index is 10.9. The van der Waals surface area contributed by atoms with Gasteiger partial charge >= 0.3 is 0 Å². The number of halogens is 1. The van der Waals surface area contributed by atoms with Crippen LogP contribution in [-0.2, 0) is 11.3 Å². The standard InChI is InChI=1S/C13H19BrN2O3/c1-3-15(8-9-19-4-2)10-11-6-5-7-12(13(11)14)16(17)18/h5-7H,3-4,8-10H2,1-2H3. The quantitative estimate of drug-likeness (QED) is 0.417. The Morgan fingerprint density at radius 1 is 1.42 bits per heavy atom. The van der Waals surface area contributed by atoms with Crippen molar-refractivity contribution in [1.82, 2.24) is 4.90 Å². The van der Waals surface area contributed by atoms with Crippen molar-refractivity contribution in [3.63, 3.8) is 0 Å². The summed E-state index contributed by atoms with van der Waals surface area (Å²) in [6.45, 7) is 7.78. The number of hydrogen-bond donors (Lipinski definition) is 0. The monoisotopic (exact) mass is 330 g/mol. The number of nitrogens with zero attached hydrogens (tertiary/aromatic N) is 2. The molecular formula is C13H19BrN2O3. The molecule has 0 amide bonds. The molecule has 0 N–H and O–H groups in total.